The van der Waals surface area contributed by atoms with Crippen LogP contribution in [0.3, 0.4) is 0 Å². The zero-order valence-electron chi connectivity index (χ0n) is 13.2. The van der Waals surface area contributed by atoms with E-state index in [0.717, 1.165) is 16.7 Å². The summed E-state index contributed by atoms with van der Waals surface area (Å²) in [7, 11) is 0. The fraction of sp³-hybridized carbons (Fsp3) is 0.150. The Hall–Kier alpha value is -3.19. The van der Waals surface area contributed by atoms with Gasteiger partial charge in [0.25, 0.3) is 0 Å². The van der Waals surface area contributed by atoms with Crippen LogP contribution in [-0.2, 0) is 0 Å². The van der Waals surface area contributed by atoms with Gasteiger partial charge in [0, 0.05) is 5.56 Å². The molecule has 4 nitrogen and oxygen atoms in total. The van der Waals surface area contributed by atoms with E-state index in [1.54, 1.807) is 12.1 Å². The van der Waals surface area contributed by atoms with Crippen LogP contribution in [0.1, 0.15) is 12.5 Å². The number of ether oxygens (including phenoxy) is 2. The van der Waals surface area contributed by atoms with Crippen molar-refractivity contribution in [1.82, 2.24) is 0 Å². The first-order chi connectivity index (χ1) is 11.8. The molecular formula is C20H16O4. The van der Waals surface area contributed by atoms with Crippen LogP contribution in [0.2, 0.25) is 0 Å². The fourth-order valence-corrected chi connectivity index (χ4v) is 2.25. The van der Waals surface area contributed by atoms with Crippen molar-refractivity contribution in [3.05, 3.63) is 70.6 Å². The van der Waals surface area contributed by atoms with Crippen LogP contribution < -0.4 is 15.1 Å². The summed E-state index contributed by atoms with van der Waals surface area (Å²) in [6.45, 7) is 2.76. The number of para-hydroxylation sites is 1. The standard InChI is InChI=1S/C20H16O4/c1-2-22-16-11-9-15(10-12-16)6-5-13-23-19-14-20(21)24-18-8-4-3-7-17(18)19/h3-4,7-12,14H,2,13H2,1H3. The molecule has 0 bridgehead atoms. The second kappa shape index (κ2) is 7.38. The maximum Gasteiger partial charge on any atom is 0.339 e. The van der Waals surface area contributed by atoms with E-state index in [1.165, 1.54) is 6.07 Å². The van der Waals surface area contributed by atoms with Gasteiger partial charge in [-0.1, -0.05) is 24.0 Å². The van der Waals surface area contributed by atoms with Crippen molar-refractivity contribution in [1.29, 1.82) is 0 Å². The summed E-state index contributed by atoms with van der Waals surface area (Å²) in [6, 6.07) is 16.1. The van der Waals surface area contributed by atoms with E-state index in [0.29, 0.717) is 17.9 Å². The van der Waals surface area contributed by atoms with Gasteiger partial charge in [0.2, 0.25) is 0 Å². The summed E-state index contributed by atoms with van der Waals surface area (Å²) in [4.78, 5) is 11.5. The first-order valence-electron chi connectivity index (χ1n) is 7.63. The van der Waals surface area contributed by atoms with Gasteiger partial charge in [0.1, 0.15) is 23.7 Å². The zero-order valence-corrected chi connectivity index (χ0v) is 13.2. The number of rotatable bonds is 4. The Kier molecular flexibility index (Phi) is 4.83. The highest BCUT2D eigenvalue weighted by molar-refractivity contribution is 5.82. The molecule has 0 fully saturated rings. The highest BCUT2D eigenvalue weighted by Gasteiger charge is 2.05. The summed E-state index contributed by atoms with van der Waals surface area (Å²) in [5.41, 5.74) is 0.933. The van der Waals surface area contributed by atoms with Gasteiger partial charge in [-0.25, -0.2) is 4.79 Å². The highest BCUT2D eigenvalue weighted by Crippen LogP contribution is 2.22. The van der Waals surface area contributed by atoms with Crippen molar-refractivity contribution in [2.75, 3.05) is 13.2 Å². The lowest BCUT2D eigenvalue weighted by Crippen LogP contribution is -2.01. The monoisotopic (exact) mass is 320 g/mol. The van der Waals surface area contributed by atoms with Crippen molar-refractivity contribution in [2.24, 2.45) is 0 Å². The van der Waals surface area contributed by atoms with Crippen LogP contribution in [0.5, 0.6) is 11.5 Å². The number of hydrogen-bond acceptors (Lipinski definition) is 4. The van der Waals surface area contributed by atoms with E-state index in [2.05, 4.69) is 11.8 Å². The molecule has 0 unspecified atom stereocenters. The number of benzene rings is 2. The Labute approximate surface area is 139 Å². The van der Waals surface area contributed by atoms with Crippen LogP contribution in [0.4, 0.5) is 0 Å². The summed E-state index contributed by atoms with van der Waals surface area (Å²) in [6.07, 6.45) is 0. The molecule has 0 aliphatic rings. The molecule has 0 saturated heterocycles. The minimum Gasteiger partial charge on any atom is -0.494 e. The van der Waals surface area contributed by atoms with Gasteiger partial charge in [-0.15, -0.1) is 0 Å². The molecule has 0 N–H and O–H groups in total. The van der Waals surface area contributed by atoms with Crippen molar-refractivity contribution in [2.45, 2.75) is 6.92 Å². The molecule has 0 atom stereocenters. The van der Waals surface area contributed by atoms with E-state index >= 15 is 0 Å². The molecule has 0 amide bonds. The van der Waals surface area contributed by atoms with Gasteiger partial charge >= 0.3 is 5.63 Å². The molecule has 0 radical (unpaired) electrons. The van der Waals surface area contributed by atoms with Crippen LogP contribution in [0, 0.1) is 11.8 Å². The second-order valence-electron chi connectivity index (χ2n) is 4.97. The number of hydrogen-bond donors (Lipinski definition) is 0. The van der Waals surface area contributed by atoms with Gasteiger partial charge in [0.05, 0.1) is 18.1 Å². The lowest BCUT2D eigenvalue weighted by atomic mass is 10.2. The molecular weight excluding hydrogens is 304 g/mol. The third kappa shape index (κ3) is 3.76. The van der Waals surface area contributed by atoms with Crippen LogP contribution >= 0.6 is 0 Å². The molecule has 0 saturated carbocycles. The minimum absolute atomic E-state index is 0.181. The third-order valence-electron chi connectivity index (χ3n) is 3.31. The molecule has 3 aromatic rings. The quantitative estimate of drug-likeness (QED) is 0.544. The minimum atomic E-state index is -0.442. The second-order valence-corrected chi connectivity index (χ2v) is 4.97. The maximum absolute atomic E-state index is 11.5. The Morgan fingerprint density at radius 1 is 1.04 bits per heavy atom. The zero-order chi connectivity index (χ0) is 16.8. The van der Waals surface area contributed by atoms with Crippen LogP contribution in [0.25, 0.3) is 11.0 Å². The lowest BCUT2D eigenvalue weighted by molar-refractivity contribution is 0.340. The average Bonchev–Trinajstić information content (AvgIpc) is 2.60. The van der Waals surface area contributed by atoms with Gasteiger partial charge in [-0.2, -0.15) is 0 Å². The van der Waals surface area contributed by atoms with Crippen molar-refractivity contribution >= 4 is 11.0 Å². The predicted octanol–water partition coefficient (Wildman–Crippen LogP) is 3.62. The van der Waals surface area contributed by atoms with E-state index < -0.39 is 5.63 Å². The predicted molar refractivity (Wildman–Crippen MR) is 92.5 cm³/mol. The Morgan fingerprint density at radius 3 is 2.62 bits per heavy atom. The highest BCUT2D eigenvalue weighted by atomic mass is 16.5. The van der Waals surface area contributed by atoms with Gasteiger partial charge in [-0.3, -0.25) is 0 Å². The van der Waals surface area contributed by atoms with Crippen molar-refractivity contribution in [3.8, 4) is 23.3 Å². The first-order valence-corrected chi connectivity index (χ1v) is 7.63. The molecule has 2 aromatic carbocycles. The topological polar surface area (TPSA) is 48.7 Å². The van der Waals surface area contributed by atoms with Gasteiger partial charge in [0.15, 0.2) is 0 Å². The summed E-state index contributed by atoms with van der Waals surface area (Å²) < 4.78 is 16.1. The van der Waals surface area contributed by atoms with E-state index in [1.807, 2.05) is 43.3 Å². The Bertz CT molecular complexity index is 943. The average molecular weight is 320 g/mol. The van der Waals surface area contributed by atoms with E-state index in [4.69, 9.17) is 13.9 Å². The third-order valence-corrected chi connectivity index (χ3v) is 3.31. The molecule has 0 spiro atoms. The molecule has 120 valence electrons. The molecule has 0 aliphatic heterocycles. The van der Waals surface area contributed by atoms with E-state index in [9.17, 15) is 4.79 Å². The van der Waals surface area contributed by atoms with Gasteiger partial charge < -0.3 is 13.9 Å². The van der Waals surface area contributed by atoms with E-state index in [-0.39, 0.29) is 6.61 Å². The van der Waals surface area contributed by atoms with Crippen molar-refractivity contribution in [3.63, 3.8) is 0 Å². The molecule has 0 aliphatic carbocycles. The Balaban J connectivity index is 1.70. The molecule has 4 heteroatoms. The van der Waals surface area contributed by atoms with Crippen LogP contribution in [0.15, 0.2) is 63.8 Å². The lowest BCUT2D eigenvalue weighted by Gasteiger charge is -2.04. The van der Waals surface area contributed by atoms with Crippen molar-refractivity contribution < 1.29 is 13.9 Å². The van der Waals surface area contributed by atoms with Crippen LogP contribution in [-0.4, -0.2) is 13.2 Å². The fourth-order valence-electron chi connectivity index (χ4n) is 2.25. The molecule has 1 heterocycles. The molecule has 1 aromatic heterocycles. The molecule has 3 rings (SSSR count). The summed E-state index contributed by atoms with van der Waals surface area (Å²) in [5, 5.41) is 0.750. The number of fused-ring (bicyclic) bond motifs is 1. The smallest absolute Gasteiger partial charge is 0.339 e. The first kappa shape index (κ1) is 15.7. The summed E-state index contributed by atoms with van der Waals surface area (Å²) in [5.74, 6) is 7.25. The largest absolute Gasteiger partial charge is 0.494 e. The summed E-state index contributed by atoms with van der Waals surface area (Å²) >= 11 is 0. The van der Waals surface area contributed by atoms with Gasteiger partial charge in [-0.05, 0) is 43.3 Å². The SMILES string of the molecule is CCOc1ccc(C#CCOc2cc(=O)oc3ccccc23)cc1. The normalized spacial score (nSPS) is 10.0. The Morgan fingerprint density at radius 2 is 1.83 bits per heavy atom. The maximum atomic E-state index is 11.5. The molecule has 24 heavy (non-hydrogen) atoms.